The van der Waals surface area contributed by atoms with Crippen LogP contribution in [0.5, 0.6) is 0 Å². The molecule has 3 aromatic rings. The highest BCUT2D eigenvalue weighted by molar-refractivity contribution is 6.02. The predicted octanol–water partition coefficient (Wildman–Crippen LogP) is 3.71. The Morgan fingerprint density at radius 1 is 0.818 bits per heavy atom. The molecule has 33 heavy (non-hydrogen) atoms. The Morgan fingerprint density at radius 2 is 1.48 bits per heavy atom. The molecule has 1 aromatic heterocycles. The van der Waals surface area contributed by atoms with Crippen LogP contribution in [0.25, 0.3) is 0 Å². The van der Waals surface area contributed by atoms with E-state index in [0.717, 1.165) is 6.07 Å². The molecule has 1 fully saturated rings. The van der Waals surface area contributed by atoms with Crippen LogP contribution in [0, 0.1) is 0 Å². The van der Waals surface area contributed by atoms with Crippen molar-refractivity contribution in [3.05, 3.63) is 83.6 Å². The number of nitrogens with zero attached hydrogens (tertiary/aromatic N) is 4. The molecule has 0 unspecified atom stereocenters. The normalized spacial score (nSPS) is 14.2. The number of amides is 2. The number of halogens is 3. The number of anilines is 2. The first-order valence-electron chi connectivity index (χ1n) is 10.2. The molecule has 2 aromatic carbocycles. The number of piperazine rings is 1. The molecule has 7 nitrogen and oxygen atoms in total. The first kappa shape index (κ1) is 22.3. The van der Waals surface area contributed by atoms with Gasteiger partial charge in [0.2, 0.25) is 0 Å². The van der Waals surface area contributed by atoms with Crippen LogP contribution in [0.1, 0.15) is 26.4 Å². The zero-order valence-corrected chi connectivity index (χ0v) is 17.4. The van der Waals surface area contributed by atoms with E-state index in [1.807, 2.05) is 11.0 Å². The summed E-state index contributed by atoms with van der Waals surface area (Å²) in [5, 5.41) is 10.8. The molecule has 0 atom stereocenters. The van der Waals surface area contributed by atoms with Crippen LogP contribution in [0.15, 0.2) is 66.7 Å². The van der Waals surface area contributed by atoms with Crippen LogP contribution in [0.2, 0.25) is 0 Å². The maximum absolute atomic E-state index is 13.2. The second-order valence-electron chi connectivity index (χ2n) is 7.42. The van der Waals surface area contributed by atoms with Gasteiger partial charge in [0.25, 0.3) is 11.8 Å². The van der Waals surface area contributed by atoms with Crippen molar-refractivity contribution in [1.29, 1.82) is 0 Å². The second-order valence-corrected chi connectivity index (χ2v) is 7.42. The van der Waals surface area contributed by atoms with Gasteiger partial charge in [-0.3, -0.25) is 9.59 Å². The Bertz CT molecular complexity index is 1130. The monoisotopic (exact) mass is 455 g/mol. The smallest absolute Gasteiger partial charge is 0.352 e. The Labute approximate surface area is 187 Å². The van der Waals surface area contributed by atoms with Crippen LogP contribution in [-0.2, 0) is 6.18 Å². The minimum atomic E-state index is -4.60. The Balaban J connectivity index is 1.37. The van der Waals surface area contributed by atoms with E-state index in [0.29, 0.717) is 24.6 Å². The van der Waals surface area contributed by atoms with Gasteiger partial charge in [-0.05, 0) is 36.4 Å². The molecule has 0 radical (unpaired) electrons. The van der Waals surface area contributed by atoms with Crippen molar-refractivity contribution in [3.63, 3.8) is 0 Å². The lowest BCUT2D eigenvalue weighted by Crippen LogP contribution is -2.49. The SMILES string of the molecule is O=C(Nc1ccccc1)c1ccc(N2CCN(C(=O)c3ccccc3C(F)(F)F)CC2)nn1. The van der Waals surface area contributed by atoms with Crippen LogP contribution >= 0.6 is 0 Å². The molecule has 1 N–H and O–H groups in total. The Kier molecular flexibility index (Phi) is 6.25. The van der Waals surface area contributed by atoms with Gasteiger partial charge >= 0.3 is 6.18 Å². The number of carbonyl (C=O) groups is 2. The average Bonchev–Trinajstić information content (AvgIpc) is 2.84. The molecule has 2 heterocycles. The molecule has 2 amide bonds. The molecule has 10 heteroatoms. The summed E-state index contributed by atoms with van der Waals surface area (Å²) in [7, 11) is 0. The van der Waals surface area contributed by atoms with E-state index in [4.69, 9.17) is 0 Å². The van der Waals surface area contributed by atoms with Gasteiger partial charge < -0.3 is 15.1 Å². The van der Waals surface area contributed by atoms with E-state index < -0.39 is 17.6 Å². The fourth-order valence-corrected chi connectivity index (χ4v) is 3.56. The van der Waals surface area contributed by atoms with Gasteiger partial charge in [-0.1, -0.05) is 30.3 Å². The fourth-order valence-electron chi connectivity index (χ4n) is 3.56. The van der Waals surface area contributed by atoms with Crippen molar-refractivity contribution in [1.82, 2.24) is 15.1 Å². The van der Waals surface area contributed by atoms with Gasteiger partial charge in [0.15, 0.2) is 11.5 Å². The Morgan fingerprint density at radius 3 is 2.12 bits per heavy atom. The molecule has 4 rings (SSSR count). The zero-order chi connectivity index (χ0) is 23.4. The molecule has 0 bridgehead atoms. The average molecular weight is 455 g/mol. The summed E-state index contributed by atoms with van der Waals surface area (Å²) in [4.78, 5) is 28.3. The van der Waals surface area contributed by atoms with Crippen molar-refractivity contribution in [2.24, 2.45) is 0 Å². The van der Waals surface area contributed by atoms with Crippen molar-refractivity contribution in [3.8, 4) is 0 Å². The van der Waals surface area contributed by atoms with Crippen molar-refractivity contribution < 1.29 is 22.8 Å². The molecule has 0 spiro atoms. The molecule has 0 saturated carbocycles. The maximum Gasteiger partial charge on any atom is 0.417 e. The van der Waals surface area contributed by atoms with E-state index in [1.54, 1.807) is 36.4 Å². The lowest BCUT2D eigenvalue weighted by molar-refractivity contribution is -0.138. The summed E-state index contributed by atoms with van der Waals surface area (Å²) in [6, 6.07) is 17.0. The number of aromatic nitrogens is 2. The summed E-state index contributed by atoms with van der Waals surface area (Å²) in [6.07, 6.45) is -4.60. The number of hydrogen-bond acceptors (Lipinski definition) is 5. The minimum Gasteiger partial charge on any atom is -0.352 e. The fraction of sp³-hybridized carbons (Fsp3) is 0.217. The van der Waals surface area contributed by atoms with E-state index in [2.05, 4.69) is 15.5 Å². The number of carbonyl (C=O) groups excluding carboxylic acids is 2. The van der Waals surface area contributed by atoms with E-state index >= 15 is 0 Å². The van der Waals surface area contributed by atoms with Crippen LogP contribution in [0.4, 0.5) is 24.7 Å². The maximum atomic E-state index is 13.2. The standard InChI is InChI=1S/C23H20F3N5O2/c24-23(25,26)18-9-5-4-8-17(18)22(33)31-14-12-30(13-15-31)20-11-10-19(28-29-20)21(32)27-16-6-2-1-3-7-16/h1-11H,12-15H2,(H,27,32). The number of rotatable bonds is 4. The molecular weight excluding hydrogens is 435 g/mol. The lowest BCUT2D eigenvalue weighted by Gasteiger charge is -2.35. The first-order valence-corrected chi connectivity index (χ1v) is 10.2. The van der Waals surface area contributed by atoms with E-state index in [-0.39, 0.29) is 30.3 Å². The summed E-state index contributed by atoms with van der Waals surface area (Å²) in [5.74, 6) is -0.519. The molecule has 170 valence electrons. The second kappa shape index (κ2) is 9.27. The van der Waals surface area contributed by atoms with Crippen molar-refractivity contribution in [2.45, 2.75) is 6.18 Å². The van der Waals surface area contributed by atoms with Crippen LogP contribution < -0.4 is 10.2 Å². The van der Waals surface area contributed by atoms with Gasteiger partial charge in [-0.25, -0.2) is 0 Å². The third-order valence-corrected chi connectivity index (χ3v) is 5.27. The number of hydrogen-bond donors (Lipinski definition) is 1. The summed E-state index contributed by atoms with van der Waals surface area (Å²) < 4.78 is 39.7. The van der Waals surface area contributed by atoms with E-state index in [1.165, 1.54) is 23.1 Å². The zero-order valence-electron chi connectivity index (χ0n) is 17.4. The minimum absolute atomic E-state index is 0.153. The van der Waals surface area contributed by atoms with Crippen molar-refractivity contribution >= 4 is 23.3 Å². The third kappa shape index (κ3) is 5.11. The highest BCUT2D eigenvalue weighted by Crippen LogP contribution is 2.32. The third-order valence-electron chi connectivity index (χ3n) is 5.27. The van der Waals surface area contributed by atoms with Crippen LogP contribution in [-0.4, -0.2) is 53.1 Å². The van der Waals surface area contributed by atoms with E-state index in [9.17, 15) is 22.8 Å². The van der Waals surface area contributed by atoms with Gasteiger partial charge in [-0.15, -0.1) is 10.2 Å². The topological polar surface area (TPSA) is 78.4 Å². The van der Waals surface area contributed by atoms with Gasteiger partial charge in [0.1, 0.15) is 0 Å². The van der Waals surface area contributed by atoms with Gasteiger partial charge in [-0.2, -0.15) is 13.2 Å². The molecule has 0 aliphatic carbocycles. The predicted molar refractivity (Wildman–Crippen MR) is 116 cm³/mol. The highest BCUT2D eigenvalue weighted by Gasteiger charge is 2.36. The molecule has 1 aliphatic rings. The summed E-state index contributed by atoms with van der Waals surface area (Å²) in [6.45, 7) is 1.24. The van der Waals surface area contributed by atoms with Crippen molar-refractivity contribution in [2.75, 3.05) is 36.4 Å². The number of benzene rings is 2. The highest BCUT2D eigenvalue weighted by atomic mass is 19.4. The quantitative estimate of drug-likeness (QED) is 0.649. The number of alkyl halides is 3. The largest absolute Gasteiger partial charge is 0.417 e. The number of nitrogens with one attached hydrogen (secondary N) is 1. The summed E-state index contributed by atoms with van der Waals surface area (Å²) >= 11 is 0. The molecule has 1 aliphatic heterocycles. The molecular formula is C23H20F3N5O2. The van der Waals surface area contributed by atoms with Gasteiger partial charge in [0.05, 0.1) is 11.1 Å². The Hall–Kier alpha value is -3.95. The van der Waals surface area contributed by atoms with Crippen LogP contribution in [0.3, 0.4) is 0 Å². The first-order chi connectivity index (χ1) is 15.8. The summed E-state index contributed by atoms with van der Waals surface area (Å²) in [5.41, 5.74) is -0.499. The number of para-hydroxylation sites is 1. The molecule has 1 saturated heterocycles. The van der Waals surface area contributed by atoms with Gasteiger partial charge in [0, 0.05) is 31.9 Å². The lowest BCUT2D eigenvalue weighted by atomic mass is 10.1.